The number of rotatable bonds is 4. The molecule has 0 saturated carbocycles. The molecule has 1 fully saturated rings. The van der Waals surface area contributed by atoms with Gasteiger partial charge in [0.25, 0.3) is 11.6 Å². The van der Waals surface area contributed by atoms with Crippen molar-refractivity contribution < 1.29 is 14.8 Å². The van der Waals surface area contributed by atoms with Crippen molar-refractivity contribution in [2.45, 2.75) is 0 Å². The highest BCUT2D eigenvalue weighted by molar-refractivity contribution is 8.27. The van der Waals surface area contributed by atoms with Crippen LogP contribution in [0.5, 0.6) is 5.75 Å². The summed E-state index contributed by atoms with van der Waals surface area (Å²) in [5.41, 5.74) is 1.50. The average molecular weight is 400 g/mol. The Balaban J connectivity index is 1.91. The number of carbonyl (C=O) groups excluding carboxylic acids is 1. The predicted molar refractivity (Wildman–Crippen MR) is 109 cm³/mol. The molecule has 0 spiro atoms. The van der Waals surface area contributed by atoms with Gasteiger partial charge in [-0.2, -0.15) is 0 Å². The van der Waals surface area contributed by atoms with Gasteiger partial charge < -0.3 is 10.0 Å². The lowest BCUT2D eigenvalue weighted by Gasteiger charge is -2.17. The van der Waals surface area contributed by atoms with Crippen molar-refractivity contribution >= 4 is 57.3 Å². The zero-order valence-electron chi connectivity index (χ0n) is 14.4. The smallest absolute Gasteiger partial charge is 0.270 e. The molecule has 9 heteroatoms. The summed E-state index contributed by atoms with van der Waals surface area (Å²) in [6.45, 7) is 0. The van der Waals surface area contributed by atoms with Crippen LogP contribution in [0.1, 0.15) is 5.56 Å². The number of nitro groups is 1. The zero-order valence-corrected chi connectivity index (χ0v) is 16.0. The van der Waals surface area contributed by atoms with E-state index in [0.29, 0.717) is 20.5 Å². The second kappa shape index (κ2) is 7.37. The number of hydrogen-bond donors (Lipinski definition) is 0. The van der Waals surface area contributed by atoms with Crippen molar-refractivity contribution in [1.29, 1.82) is 0 Å². The Bertz CT molecular complexity index is 971. The van der Waals surface area contributed by atoms with E-state index in [1.807, 2.05) is 31.1 Å². The van der Waals surface area contributed by atoms with Crippen LogP contribution in [0, 0.1) is 10.1 Å². The van der Waals surface area contributed by atoms with Crippen LogP contribution in [0.15, 0.2) is 47.4 Å². The maximum atomic E-state index is 12.8. The van der Waals surface area contributed by atoms with Crippen molar-refractivity contribution in [3.8, 4) is 5.75 Å². The van der Waals surface area contributed by atoms with E-state index in [2.05, 4.69) is 0 Å². The van der Waals surface area contributed by atoms with Gasteiger partial charge in [0, 0.05) is 25.8 Å². The van der Waals surface area contributed by atoms with Gasteiger partial charge in [-0.25, -0.2) is 0 Å². The van der Waals surface area contributed by atoms with Crippen LogP contribution in [0.2, 0.25) is 0 Å². The molecule has 27 heavy (non-hydrogen) atoms. The maximum Gasteiger partial charge on any atom is 0.270 e. The minimum Gasteiger partial charge on any atom is -0.868 e. The number of nitrogens with zero attached hydrogens (tertiary/aromatic N) is 3. The van der Waals surface area contributed by atoms with Crippen LogP contribution >= 0.6 is 24.0 Å². The molecule has 3 rings (SSSR count). The number of thiocarbonyl (C=S) groups is 1. The molecule has 7 nitrogen and oxygen atoms in total. The van der Waals surface area contributed by atoms with Crippen LogP contribution in [0.25, 0.3) is 6.08 Å². The van der Waals surface area contributed by atoms with Crippen molar-refractivity contribution in [3.63, 3.8) is 0 Å². The topological polar surface area (TPSA) is 89.8 Å². The summed E-state index contributed by atoms with van der Waals surface area (Å²) in [7, 11) is 3.84. The molecule has 0 N–H and O–H groups in total. The van der Waals surface area contributed by atoms with E-state index in [1.54, 1.807) is 12.1 Å². The second-order valence-corrected chi connectivity index (χ2v) is 7.59. The number of nitro benzene ring substituents is 1. The number of amides is 1. The SMILES string of the molecule is CN(C)c1ccc(N2C(=O)/C(=C\c3ccc([O-])c([N+](=O)[O-])c3)SC2=S)cc1. The van der Waals surface area contributed by atoms with Crippen LogP contribution in [-0.4, -0.2) is 29.2 Å². The summed E-state index contributed by atoms with van der Waals surface area (Å²) in [4.78, 5) is 26.7. The second-order valence-electron chi connectivity index (χ2n) is 5.91. The van der Waals surface area contributed by atoms with E-state index in [9.17, 15) is 20.0 Å². The van der Waals surface area contributed by atoms with Gasteiger partial charge in [-0.15, -0.1) is 0 Å². The van der Waals surface area contributed by atoms with E-state index in [0.717, 1.165) is 29.6 Å². The highest BCUT2D eigenvalue weighted by atomic mass is 32.2. The largest absolute Gasteiger partial charge is 0.868 e. The Hall–Kier alpha value is -2.91. The molecule has 138 valence electrons. The summed E-state index contributed by atoms with van der Waals surface area (Å²) >= 11 is 6.43. The fourth-order valence-corrected chi connectivity index (χ4v) is 3.81. The number of carbonyl (C=O) groups is 1. The zero-order chi connectivity index (χ0) is 19.7. The van der Waals surface area contributed by atoms with Crippen molar-refractivity contribution in [2.75, 3.05) is 23.9 Å². The summed E-state index contributed by atoms with van der Waals surface area (Å²) in [6.07, 6.45) is 1.50. The van der Waals surface area contributed by atoms with E-state index < -0.39 is 16.4 Å². The maximum absolute atomic E-state index is 12.8. The Morgan fingerprint density at radius 3 is 2.44 bits per heavy atom. The molecule has 1 aliphatic rings. The lowest BCUT2D eigenvalue weighted by atomic mass is 10.1. The summed E-state index contributed by atoms with van der Waals surface area (Å²) < 4.78 is 0.374. The molecule has 1 saturated heterocycles. The molecule has 0 bridgehead atoms. The first kappa shape index (κ1) is 18.9. The molecule has 0 unspecified atom stereocenters. The van der Waals surface area contributed by atoms with Gasteiger partial charge in [-0.05, 0) is 41.7 Å². The Kier molecular flexibility index (Phi) is 5.15. The summed E-state index contributed by atoms with van der Waals surface area (Å²) in [6, 6.07) is 11.1. The third-order valence-electron chi connectivity index (χ3n) is 3.90. The molecule has 2 aromatic carbocycles. The number of hydrogen-bond acceptors (Lipinski definition) is 7. The van der Waals surface area contributed by atoms with Gasteiger partial charge in [0.15, 0.2) is 4.32 Å². The molecule has 2 aromatic rings. The van der Waals surface area contributed by atoms with E-state index >= 15 is 0 Å². The van der Waals surface area contributed by atoms with Gasteiger partial charge in [0.05, 0.1) is 15.5 Å². The predicted octanol–water partition coefficient (Wildman–Crippen LogP) is 3.14. The fourth-order valence-electron chi connectivity index (χ4n) is 2.51. The van der Waals surface area contributed by atoms with E-state index in [4.69, 9.17) is 12.2 Å². The van der Waals surface area contributed by atoms with Gasteiger partial charge in [0.2, 0.25) is 0 Å². The first-order valence-electron chi connectivity index (χ1n) is 7.78. The first-order chi connectivity index (χ1) is 12.8. The summed E-state index contributed by atoms with van der Waals surface area (Å²) in [5, 5.41) is 22.4. The highest BCUT2D eigenvalue weighted by Gasteiger charge is 2.33. The third-order valence-corrected chi connectivity index (χ3v) is 5.20. The van der Waals surface area contributed by atoms with Gasteiger partial charge in [0.1, 0.15) is 0 Å². The highest BCUT2D eigenvalue weighted by Crippen LogP contribution is 2.37. The summed E-state index contributed by atoms with van der Waals surface area (Å²) in [5.74, 6) is -0.984. The van der Waals surface area contributed by atoms with Crippen molar-refractivity contribution in [2.24, 2.45) is 0 Å². The van der Waals surface area contributed by atoms with Crippen LogP contribution < -0.4 is 14.9 Å². The normalized spacial score (nSPS) is 15.5. The molecular weight excluding hydrogens is 386 g/mol. The minimum absolute atomic E-state index is 0.309. The van der Waals surface area contributed by atoms with Crippen LogP contribution in [0.4, 0.5) is 17.1 Å². The average Bonchev–Trinajstić information content (AvgIpc) is 2.90. The molecule has 0 radical (unpaired) electrons. The van der Waals surface area contributed by atoms with E-state index in [-0.39, 0.29) is 5.91 Å². The molecular formula is C18H14N3O4S2-. The third kappa shape index (κ3) is 3.79. The Morgan fingerprint density at radius 1 is 1.19 bits per heavy atom. The quantitative estimate of drug-likeness (QED) is 0.337. The lowest BCUT2D eigenvalue weighted by Crippen LogP contribution is -2.27. The fraction of sp³-hybridized carbons (Fsp3) is 0.111. The Morgan fingerprint density at radius 2 is 1.85 bits per heavy atom. The number of anilines is 2. The lowest BCUT2D eigenvalue weighted by molar-refractivity contribution is -0.398. The van der Waals surface area contributed by atoms with Crippen molar-refractivity contribution in [1.82, 2.24) is 0 Å². The van der Waals surface area contributed by atoms with E-state index in [1.165, 1.54) is 17.0 Å². The molecule has 1 aliphatic heterocycles. The number of thioether (sulfide) groups is 1. The van der Waals surface area contributed by atoms with Gasteiger partial charge in [-0.3, -0.25) is 19.8 Å². The standard InChI is InChI=1S/C18H15N3O4S2/c1-19(2)12-4-6-13(7-5-12)20-17(23)16(27-18(20)26)10-11-3-8-15(22)14(9-11)21(24)25/h3-10,22H,1-2H3/p-1/b16-10+. The monoisotopic (exact) mass is 400 g/mol. The van der Waals surface area contributed by atoms with Gasteiger partial charge >= 0.3 is 0 Å². The molecule has 0 atom stereocenters. The molecule has 1 heterocycles. The molecule has 0 aromatic heterocycles. The minimum atomic E-state index is -0.739. The Labute approximate surface area is 165 Å². The molecule has 0 aliphatic carbocycles. The number of benzene rings is 2. The van der Waals surface area contributed by atoms with Crippen LogP contribution in [0.3, 0.4) is 0 Å². The van der Waals surface area contributed by atoms with Crippen LogP contribution in [-0.2, 0) is 4.79 Å². The van der Waals surface area contributed by atoms with Crippen molar-refractivity contribution in [3.05, 3.63) is 63.0 Å². The first-order valence-corrected chi connectivity index (χ1v) is 9.01. The molecule has 1 amide bonds. The van der Waals surface area contributed by atoms with Gasteiger partial charge in [-0.1, -0.05) is 36.1 Å².